The number of oxime groups is 1. The number of amides is 1. The van der Waals surface area contributed by atoms with Crippen molar-refractivity contribution in [2.75, 3.05) is 26.1 Å². The second-order valence-corrected chi connectivity index (χ2v) is 8.29. The third-order valence-corrected chi connectivity index (χ3v) is 6.33. The molecule has 0 bridgehead atoms. The summed E-state index contributed by atoms with van der Waals surface area (Å²) >= 11 is 0. The summed E-state index contributed by atoms with van der Waals surface area (Å²) in [5.41, 5.74) is 0.659. The van der Waals surface area contributed by atoms with Crippen molar-refractivity contribution in [3.8, 4) is 17.2 Å². The van der Waals surface area contributed by atoms with Gasteiger partial charge in [-0.05, 0) is 42.5 Å². The van der Waals surface area contributed by atoms with E-state index in [1.165, 1.54) is 7.11 Å². The number of hydrogen-bond donors (Lipinski definition) is 1. The number of nitrogens with one attached hydrogen (secondary N) is 1. The predicted molar refractivity (Wildman–Crippen MR) is 134 cm³/mol. The molecule has 0 unspecified atom stereocenters. The van der Waals surface area contributed by atoms with Gasteiger partial charge in [-0.3, -0.25) is 9.59 Å². The van der Waals surface area contributed by atoms with Crippen LogP contribution in [0.4, 0.5) is 5.69 Å². The first-order valence-corrected chi connectivity index (χ1v) is 11.3. The van der Waals surface area contributed by atoms with Crippen LogP contribution in [0.2, 0.25) is 0 Å². The van der Waals surface area contributed by atoms with Crippen LogP contribution in [0.5, 0.6) is 17.2 Å². The molecule has 1 spiro atoms. The van der Waals surface area contributed by atoms with E-state index in [-0.39, 0.29) is 5.78 Å². The van der Waals surface area contributed by atoms with E-state index in [9.17, 15) is 9.59 Å². The lowest BCUT2D eigenvalue weighted by Gasteiger charge is -2.27. The molecule has 2 aliphatic rings. The molecule has 2 aliphatic heterocycles. The van der Waals surface area contributed by atoms with E-state index >= 15 is 0 Å². The van der Waals surface area contributed by atoms with Crippen molar-refractivity contribution in [1.82, 2.24) is 0 Å². The zero-order valence-corrected chi connectivity index (χ0v) is 19.8. The topological polar surface area (TPSA) is 95.5 Å². The Kier molecular flexibility index (Phi) is 5.93. The molecule has 182 valence electrons. The lowest BCUT2D eigenvalue weighted by Crippen LogP contribution is -2.46. The lowest BCUT2D eigenvalue weighted by molar-refractivity contribution is -0.140. The molecule has 0 saturated heterocycles. The smallest absolute Gasteiger partial charge is 0.277 e. The van der Waals surface area contributed by atoms with Crippen LogP contribution in [-0.4, -0.2) is 38.2 Å². The number of ether oxygens (including phenoxy) is 3. The number of para-hydroxylation sites is 1. The molecule has 1 amide bonds. The van der Waals surface area contributed by atoms with Gasteiger partial charge in [-0.2, -0.15) is 0 Å². The Hall–Kier alpha value is -4.59. The van der Waals surface area contributed by atoms with E-state index in [2.05, 4.69) is 17.1 Å². The number of nitrogens with zero attached hydrogens (tertiary/aromatic N) is 1. The van der Waals surface area contributed by atoms with Gasteiger partial charge < -0.3 is 24.4 Å². The molecule has 0 saturated carbocycles. The SMILES string of the molecule is C=CCOc1ccc(C(=O)[C@@H]2C(c3ccc(OC)cc3OC)=NO[C@@]23C(=O)Nc2ccccc23)cc1. The zero-order valence-electron chi connectivity index (χ0n) is 19.8. The minimum atomic E-state index is -1.66. The molecular weight excluding hydrogens is 460 g/mol. The van der Waals surface area contributed by atoms with Gasteiger partial charge in [0, 0.05) is 28.4 Å². The maximum absolute atomic E-state index is 14.1. The molecule has 0 radical (unpaired) electrons. The summed E-state index contributed by atoms with van der Waals surface area (Å²) in [6.45, 7) is 3.99. The molecule has 8 heteroatoms. The van der Waals surface area contributed by atoms with Gasteiger partial charge in [0.05, 0.1) is 14.2 Å². The highest BCUT2D eigenvalue weighted by Gasteiger charge is 2.63. The Labute approximate surface area is 208 Å². The van der Waals surface area contributed by atoms with Crippen LogP contribution in [0.15, 0.2) is 84.5 Å². The largest absolute Gasteiger partial charge is 0.497 e. The number of methoxy groups -OCH3 is 2. The van der Waals surface area contributed by atoms with Gasteiger partial charge in [-0.1, -0.05) is 36.0 Å². The normalized spacial score (nSPS) is 19.7. The molecule has 0 fully saturated rings. The highest BCUT2D eigenvalue weighted by molar-refractivity contribution is 6.25. The van der Waals surface area contributed by atoms with Gasteiger partial charge in [0.2, 0.25) is 0 Å². The number of anilines is 1. The standard InChI is InChI=1S/C28H24N2O6/c1-4-15-35-18-11-9-17(10-12-18)26(31)24-25(20-14-13-19(33-2)16-23(20)34-3)30-36-28(24)21-7-5-6-8-22(21)29-27(28)32/h4-14,16,24H,1,15H2,2-3H3,(H,29,32)/t24-,28+/m0/s1. The van der Waals surface area contributed by atoms with Gasteiger partial charge in [0.25, 0.3) is 11.5 Å². The molecule has 0 aromatic heterocycles. The molecule has 5 rings (SSSR count). The van der Waals surface area contributed by atoms with Crippen molar-refractivity contribution in [3.63, 3.8) is 0 Å². The Bertz CT molecular complexity index is 1380. The van der Waals surface area contributed by atoms with Crippen LogP contribution in [-0.2, 0) is 15.2 Å². The molecule has 2 heterocycles. The van der Waals surface area contributed by atoms with Crippen molar-refractivity contribution < 1.29 is 28.6 Å². The molecule has 0 aliphatic carbocycles. The highest BCUT2D eigenvalue weighted by atomic mass is 16.7. The van der Waals surface area contributed by atoms with Crippen LogP contribution in [0.25, 0.3) is 0 Å². The van der Waals surface area contributed by atoms with Gasteiger partial charge in [0.1, 0.15) is 35.5 Å². The third kappa shape index (κ3) is 3.58. The minimum Gasteiger partial charge on any atom is -0.497 e. The van der Waals surface area contributed by atoms with E-state index in [4.69, 9.17) is 19.0 Å². The predicted octanol–water partition coefficient (Wildman–Crippen LogP) is 4.35. The average Bonchev–Trinajstić information content (AvgIpc) is 3.45. The van der Waals surface area contributed by atoms with E-state index in [1.807, 2.05) is 0 Å². The molecule has 3 aromatic rings. The molecule has 2 atom stereocenters. The number of benzene rings is 3. The minimum absolute atomic E-state index is 0.290. The Balaban J connectivity index is 1.64. The lowest BCUT2D eigenvalue weighted by atomic mass is 9.74. The first-order valence-electron chi connectivity index (χ1n) is 11.3. The van der Waals surface area contributed by atoms with Crippen molar-refractivity contribution in [3.05, 3.63) is 96.1 Å². The number of fused-ring (bicyclic) bond motifs is 2. The highest BCUT2D eigenvalue weighted by Crippen LogP contribution is 2.50. The number of ketones is 1. The fraction of sp³-hybridized carbons (Fsp3) is 0.179. The Morgan fingerprint density at radius 3 is 2.56 bits per heavy atom. The van der Waals surface area contributed by atoms with E-state index < -0.39 is 17.4 Å². The first kappa shape index (κ1) is 23.2. The number of carbonyl (C=O) groups is 2. The number of carbonyl (C=O) groups excluding carboxylic acids is 2. The second kappa shape index (κ2) is 9.22. The van der Waals surface area contributed by atoms with Crippen molar-refractivity contribution >= 4 is 23.1 Å². The Morgan fingerprint density at radius 2 is 1.83 bits per heavy atom. The fourth-order valence-electron chi connectivity index (χ4n) is 4.61. The summed E-state index contributed by atoms with van der Waals surface area (Å²) in [6.07, 6.45) is 1.64. The summed E-state index contributed by atoms with van der Waals surface area (Å²) in [5, 5.41) is 7.17. The van der Waals surface area contributed by atoms with E-state index in [1.54, 1.807) is 79.9 Å². The quantitative estimate of drug-likeness (QED) is 0.377. The van der Waals surface area contributed by atoms with Gasteiger partial charge in [0.15, 0.2) is 5.78 Å². The molecular formula is C28H24N2O6. The maximum atomic E-state index is 14.1. The average molecular weight is 485 g/mol. The van der Waals surface area contributed by atoms with E-state index in [0.717, 1.165) is 0 Å². The van der Waals surface area contributed by atoms with Crippen LogP contribution in [0.3, 0.4) is 0 Å². The molecule has 1 N–H and O–H groups in total. The zero-order chi connectivity index (χ0) is 25.3. The van der Waals surface area contributed by atoms with Crippen LogP contribution >= 0.6 is 0 Å². The van der Waals surface area contributed by atoms with E-state index in [0.29, 0.717) is 51.9 Å². The fourth-order valence-corrected chi connectivity index (χ4v) is 4.61. The van der Waals surface area contributed by atoms with Crippen molar-refractivity contribution in [1.29, 1.82) is 0 Å². The summed E-state index contributed by atoms with van der Waals surface area (Å²) in [4.78, 5) is 33.5. The molecule has 36 heavy (non-hydrogen) atoms. The Morgan fingerprint density at radius 1 is 1.08 bits per heavy atom. The van der Waals surface area contributed by atoms with Crippen molar-refractivity contribution in [2.24, 2.45) is 11.1 Å². The number of rotatable bonds is 8. The summed E-state index contributed by atoms with van der Waals surface area (Å²) in [5.74, 6) is -0.259. The third-order valence-electron chi connectivity index (χ3n) is 6.33. The van der Waals surface area contributed by atoms with Gasteiger partial charge >= 0.3 is 0 Å². The number of hydrogen-bond acceptors (Lipinski definition) is 7. The van der Waals surface area contributed by atoms with Gasteiger partial charge in [-0.25, -0.2) is 0 Å². The molecule has 8 nitrogen and oxygen atoms in total. The van der Waals surface area contributed by atoms with Crippen LogP contribution in [0, 0.1) is 5.92 Å². The van der Waals surface area contributed by atoms with Crippen LogP contribution < -0.4 is 19.5 Å². The number of Topliss-reactive ketones (excluding diaryl/α,β-unsaturated/α-hetero) is 1. The first-order chi connectivity index (χ1) is 17.5. The maximum Gasteiger partial charge on any atom is 0.277 e. The second-order valence-electron chi connectivity index (χ2n) is 8.29. The summed E-state index contributed by atoms with van der Waals surface area (Å²) < 4.78 is 16.4. The summed E-state index contributed by atoms with van der Waals surface area (Å²) in [7, 11) is 3.06. The molecule has 3 aromatic carbocycles. The monoisotopic (exact) mass is 484 g/mol. The van der Waals surface area contributed by atoms with Crippen LogP contribution in [0.1, 0.15) is 21.5 Å². The summed E-state index contributed by atoms with van der Waals surface area (Å²) in [6, 6.07) is 19.0. The van der Waals surface area contributed by atoms with Gasteiger partial charge in [-0.15, -0.1) is 0 Å². The van der Waals surface area contributed by atoms with Crippen molar-refractivity contribution in [2.45, 2.75) is 5.60 Å².